The van der Waals surface area contributed by atoms with E-state index in [1.54, 1.807) is 12.1 Å². The average Bonchev–Trinajstić information content (AvgIpc) is 2.74. The monoisotopic (exact) mass is 432 g/mol. The van der Waals surface area contributed by atoms with E-state index >= 15 is 0 Å². The molecular formula is C21H28N4O6. The Bertz CT molecular complexity index is 1170. The molecule has 0 saturated heterocycles. The highest BCUT2D eigenvalue weighted by Gasteiger charge is 2.28. The standard InChI is InChI=1S/C21H28N4O6/c1-4-5-6-24-20(30)17-19(23-21(24)31)25(9-15(27)18(29)16(28)10-26)14-8-12(3)11(2)7-13(14)22-17/h7-8,15-16,18,26-29H,4-6,9-10H2,1-3H3. The first kappa shape index (κ1) is 23.0. The van der Waals surface area contributed by atoms with Gasteiger partial charge < -0.3 is 25.0 Å². The number of fused-ring (bicyclic) bond motifs is 2. The van der Waals surface area contributed by atoms with Gasteiger partial charge in [-0.3, -0.25) is 9.36 Å². The van der Waals surface area contributed by atoms with Crippen molar-refractivity contribution in [3.8, 4) is 11.5 Å². The van der Waals surface area contributed by atoms with Crippen molar-refractivity contribution < 1.29 is 20.4 Å². The van der Waals surface area contributed by atoms with E-state index in [1.807, 2.05) is 20.8 Å². The lowest BCUT2D eigenvalue weighted by Gasteiger charge is -2.25. The number of benzene rings is 1. The molecule has 1 aromatic carbocycles. The Hall–Kier alpha value is -2.66. The maximum atomic E-state index is 13.0. The van der Waals surface area contributed by atoms with Gasteiger partial charge in [0.05, 0.1) is 24.2 Å². The van der Waals surface area contributed by atoms with Gasteiger partial charge in [0.2, 0.25) is 0 Å². The summed E-state index contributed by atoms with van der Waals surface area (Å²) >= 11 is 0. The smallest absolute Gasteiger partial charge is 0.352 e. The van der Waals surface area contributed by atoms with E-state index < -0.39 is 36.2 Å². The van der Waals surface area contributed by atoms with Crippen molar-refractivity contribution in [2.45, 2.75) is 65.0 Å². The van der Waals surface area contributed by atoms with Gasteiger partial charge in [0.1, 0.15) is 18.3 Å². The highest BCUT2D eigenvalue weighted by atomic mass is 16.4. The SMILES string of the molecule is CCCCn1c(=O)nc2n(CC(O)C(O)C(O)CO)c3cc(C)c(C)cc3nc-2c1=O. The van der Waals surface area contributed by atoms with Crippen molar-refractivity contribution in [1.29, 1.82) is 0 Å². The lowest BCUT2D eigenvalue weighted by molar-refractivity contribution is -0.0802. The third kappa shape index (κ3) is 4.38. The van der Waals surface area contributed by atoms with Crippen LogP contribution in [0.25, 0.3) is 22.6 Å². The van der Waals surface area contributed by atoms with Crippen LogP contribution in [0.1, 0.15) is 30.9 Å². The molecule has 3 atom stereocenters. The number of aryl methyl sites for hydroxylation is 2. The number of hydrogen-bond acceptors (Lipinski definition) is 8. The number of unbranched alkanes of at least 4 members (excludes halogenated alkanes) is 1. The molecule has 1 aromatic rings. The van der Waals surface area contributed by atoms with Crippen LogP contribution in [0, 0.1) is 13.8 Å². The molecule has 4 N–H and O–H groups in total. The molecule has 2 heterocycles. The Morgan fingerprint density at radius 2 is 1.68 bits per heavy atom. The Balaban J connectivity index is 2.29. The van der Waals surface area contributed by atoms with Crippen LogP contribution < -0.4 is 11.2 Å². The van der Waals surface area contributed by atoms with Crippen LogP contribution in [0.2, 0.25) is 0 Å². The first-order valence-corrected chi connectivity index (χ1v) is 10.3. The first-order valence-electron chi connectivity index (χ1n) is 10.3. The van der Waals surface area contributed by atoms with E-state index in [-0.39, 0.29) is 24.6 Å². The fourth-order valence-electron chi connectivity index (χ4n) is 3.48. The van der Waals surface area contributed by atoms with Gasteiger partial charge in [-0.2, -0.15) is 4.98 Å². The number of aliphatic hydroxyl groups is 4. The molecule has 0 fully saturated rings. The fraction of sp³-hybridized carbons (Fsp3) is 0.524. The predicted octanol–water partition coefficient (Wildman–Crippen LogP) is -0.450. The molecule has 3 rings (SSSR count). The summed E-state index contributed by atoms with van der Waals surface area (Å²) in [5.74, 6) is -0.0109. The van der Waals surface area contributed by atoms with Gasteiger partial charge in [-0.25, -0.2) is 9.78 Å². The Morgan fingerprint density at radius 3 is 2.32 bits per heavy atom. The minimum absolute atomic E-state index is 0.0109. The second kappa shape index (κ2) is 9.23. The van der Waals surface area contributed by atoms with Gasteiger partial charge >= 0.3 is 5.69 Å². The van der Waals surface area contributed by atoms with Crippen LogP contribution in [-0.2, 0) is 13.1 Å². The molecule has 0 spiro atoms. The lowest BCUT2D eigenvalue weighted by atomic mass is 10.1. The van der Waals surface area contributed by atoms with Gasteiger partial charge in [-0.1, -0.05) is 13.3 Å². The third-order valence-electron chi connectivity index (χ3n) is 5.54. The van der Waals surface area contributed by atoms with Crippen LogP contribution in [0.4, 0.5) is 0 Å². The first-order chi connectivity index (χ1) is 14.7. The Labute approximate surface area is 178 Å². The summed E-state index contributed by atoms with van der Waals surface area (Å²) in [4.78, 5) is 34.1. The Morgan fingerprint density at radius 1 is 1.00 bits per heavy atom. The van der Waals surface area contributed by atoms with Crippen LogP contribution >= 0.6 is 0 Å². The molecule has 0 radical (unpaired) electrons. The second-order valence-corrected chi connectivity index (χ2v) is 7.83. The van der Waals surface area contributed by atoms with Crippen LogP contribution in [-0.4, -0.2) is 64.4 Å². The molecule has 3 unspecified atom stereocenters. The zero-order valence-corrected chi connectivity index (χ0v) is 17.8. The molecule has 0 aromatic heterocycles. The van der Waals surface area contributed by atoms with E-state index in [0.29, 0.717) is 17.5 Å². The minimum Gasteiger partial charge on any atom is -0.394 e. The van der Waals surface area contributed by atoms with Gasteiger partial charge in [-0.05, 0) is 43.5 Å². The largest absolute Gasteiger partial charge is 0.394 e. The van der Waals surface area contributed by atoms with Crippen molar-refractivity contribution in [1.82, 2.24) is 19.1 Å². The number of aliphatic hydroxyl groups excluding tert-OH is 4. The van der Waals surface area contributed by atoms with E-state index in [1.165, 1.54) is 4.57 Å². The van der Waals surface area contributed by atoms with Crippen LogP contribution in [0.15, 0.2) is 21.7 Å². The highest BCUT2D eigenvalue weighted by Crippen LogP contribution is 2.24. The van der Waals surface area contributed by atoms with E-state index in [2.05, 4.69) is 9.97 Å². The molecule has 31 heavy (non-hydrogen) atoms. The minimum atomic E-state index is -1.64. The molecule has 168 valence electrons. The quantitative estimate of drug-likeness (QED) is 0.350. The molecule has 0 amide bonds. The van der Waals surface area contributed by atoms with Crippen LogP contribution in [0.3, 0.4) is 0 Å². The molecule has 10 nitrogen and oxygen atoms in total. The molecule has 2 aliphatic heterocycles. The number of aromatic nitrogens is 4. The summed E-state index contributed by atoms with van der Waals surface area (Å²) in [5.41, 5.74) is 1.56. The molecule has 0 aliphatic carbocycles. The lowest BCUT2D eigenvalue weighted by Crippen LogP contribution is -2.43. The summed E-state index contributed by atoms with van der Waals surface area (Å²) < 4.78 is 2.51. The molecular weight excluding hydrogens is 404 g/mol. The van der Waals surface area contributed by atoms with Gasteiger partial charge in [0.15, 0.2) is 11.5 Å². The van der Waals surface area contributed by atoms with Crippen molar-refractivity contribution >= 4 is 11.0 Å². The topological polar surface area (TPSA) is 151 Å². The summed E-state index contributed by atoms with van der Waals surface area (Å²) in [6, 6.07) is 3.60. The van der Waals surface area contributed by atoms with Gasteiger partial charge in [0.25, 0.3) is 5.56 Å². The van der Waals surface area contributed by atoms with Crippen LogP contribution in [0.5, 0.6) is 0 Å². The second-order valence-electron chi connectivity index (χ2n) is 7.83. The van der Waals surface area contributed by atoms with Crippen molar-refractivity contribution in [2.24, 2.45) is 0 Å². The van der Waals surface area contributed by atoms with E-state index in [4.69, 9.17) is 5.11 Å². The van der Waals surface area contributed by atoms with Gasteiger partial charge in [0, 0.05) is 6.54 Å². The van der Waals surface area contributed by atoms with Crippen molar-refractivity contribution in [2.75, 3.05) is 6.61 Å². The highest BCUT2D eigenvalue weighted by molar-refractivity contribution is 5.81. The fourth-order valence-corrected chi connectivity index (χ4v) is 3.48. The normalized spacial score (nSPS) is 14.8. The number of nitrogens with zero attached hydrogens (tertiary/aromatic N) is 4. The van der Waals surface area contributed by atoms with E-state index in [9.17, 15) is 24.9 Å². The molecule has 2 aliphatic rings. The van der Waals surface area contributed by atoms with Crippen molar-refractivity contribution in [3.63, 3.8) is 0 Å². The molecule has 10 heteroatoms. The number of hydrogen-bond donors (Lipinski definition) is 4. The maximum absolute atomic E-state index is 13.0. The maximum Gasteiger partial charge on any atom is 0.352 e. The van der Waals surface area contributed by atoms with Gasteiger partial charge in [-0.15, -0.1) is 0 Å². The predicted molar refractivity (Wildman–Crippen MR) is 114 cm³/mol. The molecule has 0 saturated carbocycles. The number of rotatable bonds is 8. The van der Waals surface area contributed by atoms with Crippen molar-refractivity contribution in [3.05, 3.63) is 44.1 Å². The summed E-state index contributed by atoms with van der Waals surface area (Å²) in [6.45, 7) is 4.96. The summed E-state index contributed by atoms with van der Waals surface area (Å²) in [6.07, 6.45) is -3.25. The zero-order chi connectivity index (χ0) is 22.9. The zero-order valence-electron chi connectivity index (χ0n) is 17.8. The van der Waals surface area contributed by atoms with E-state index in [0.717, 1.165) is 22.1 Å². The Kier molecular flexibility index (Phi) is 6.85. The summed E-state index contributed by atoms with van der Waals surface area (Å²) in [5, 5.41) is 39.3. The summed E-state index contributed by atoms with van der Waals surface area (Å²) in [7, 11) is 0. The third-order valence-corrected chi connectivity index (χ3v) is 5.54. The average molecular weight is 432 g/mol. The molecule has 0 bridgehead atoms.